The van der Waals surface area contributed by atoms with Gasteiger partial charge in [0.1, 0.15) is 4.34 Å². The van der Waals surface area contributed by atoms with Crippen molar-refractivity contribution in [1.82, 2.24) is 5.32 Å². The van der Waals surface area contributed by atoms with Gasteiger partial charge in [-0.15, -0.1) is 11.3 Å². The molecule has 0 spiro atoms. The smallest absolute Gasteiger partial charge is 0.107 e. The van der Waals surface area contributed by atoms with Gasteiger partial charge in [0.15, 0.2) is 0 Å². The zero-order chi connectivity index (χ0) is 12.2. The van der Waals surface area contributed by atoms with E-state index in [-0.39, 0.29) is 0 Å². The molecule has 1 aromatic rings. The van der Waals surface area contributed by atoms with E-state index in [2.05, 4.69) is 48.1 Å². The maximum absolute atomic E-state index is 6.02. The van der Waals surface area contributed by atoms with Crippen LogP contribution in [0.3, 0.4) is 0 Å². The molecular formula is C12H19BrClNS. The third-order valence-corrected chi connectivity index (χ3v) is 5.13. The van der Waals surface area contributed by atoms with E-state index in [1.54, 1.807) is 11.3 Å². The summed E-state index contributed by atoms with van der Waals surface area (Å²) in [5, 5.41) is 3.41. The highest BCUT2D eigenvalue weighted by Gasteiger charge is 2.17. The Kier molecular flexibility index (Phi) is 5.78. The predicted octanol–water partition coefficient (Wildman–Crippen LogP) is 4.73. The van der Waals surface area contributed by atoms with Crippen molar-refractivity contribution in [2.45, 2.75) is 33.6 Å². The van der Waals surface area contributed by atoms with Crippen LogP contribution in [0.15, 0.2) is 10.5 Å². The molecule has 92 valence electrons. The summed E-state index contributed by atoms with van der Waals surface area (Å²) < 4.78 is 1.89. The van der Waals surface area contributed by atoms with Gasteiger partial charge < -0.3 is 5.32 Å². The standard InChI is InChI=1S/C12H19BrClNS/c1-4-15-8-12(2,3)6-5-9-7-10(13)11(14)16-9/h7,15H,4-6,8H2,1-3H3. The second-order valence-electron chi connectivity index (χ2n) is 4.78. The number of rotatable bonds is 6. The van der Waals surface area contributed by atoms with Crippen LogP contribution in [0, 0.1) is 5.41 Å². The highest BCUT2D eigenvalue weighted by molar-refractivity contribution is 9.10. The van der Waals surface area contributed by atoms with Gasteiger partial charge in [-0.05, 0) is 46.8 Å². The second kappa shape index (κ2) is 6.39. The van der Waals surface area contributed by atoms with Crippen molar-refractivity contribution >= 4 is 38.9 Å². The van der Waals surface area contributed by atoms with Crippen molar-refractivity contribution in [3.8, 4) is 0 Å². The number of hydrogen-bond donors (Lipinski definition) is 1. The van der Waals surface area contributed by atoms with Crippen molar-refractivity contribution < 1.29 is 0 Å². The van der Waals surface area contributed by atoms with E-state index in [9.17, 15) is 0 Å². The van der Waals surface area contributed by atoms with E-state index in [1.807, 2.05) is 0 Å². The van der Waals surface area contributed by atoms with Gasteiger partial charge in [-0.3, -0.25) is 0 Å². The van der Waals surface area contributed by atoms with Crippen molar-refractivity contribution in [1.29, 1.82) is 0 Å². The summed E-state index contributed by atoms with van der Waals surface area (Å²) in [6.07, 6.45) is 2.29. The minimum atomic E-state index is 0.346. The molecule has 1 heterocycles. The van der Waals surface area contributed by atoms with E-state index in [0.29, 0.717) is 5.41 Å². The molecule has 0 fully saturated rings. The van der Waals surface area contributed by atoms with Crippen LogP contribution in [0.2, 0.25) is 4.34 Å². The summed E-state index contributed by atoms with van der Waals surface area (Å²) in [5.41, 5.74) is 0.346. The molecule has 0 aliphatic carbocycles. The second-order valence-corrected chi connectivity index (χ2v) is 7.37. The fraction of sp³-hybridized carbons (Fsp3) is 0.667. The Morgan fingerprint density at radius 3 is 2.69 bits per heavy atom. The van der Waals surface area contributed by atoms with Crippen molar-refractivity contribution in [3.63, 3.8) is 0 Å². The lowest BCUT2D eigenvalue weighted by Crippen LogP contribution is -2.29. The molecule has 0 atom stereocenters. The molecule has 0 saturated heterocycles. The molecular weight excluding hydrogens is 306 g/mol. The van der Waals surface area contributed by atoms with Crippen LogP contribution >= 0.6 is 38.9 Å². The first-order valence-corrected chi connectivity index (χ1v) is 7.58. The van der Waals surface area contributed by atoms with Gasteiger partial charge in [-0.2, -0.15) is 0 Å². The zero-order valence-electron chi connectivity index (χ0n) is 10.1. The lowest BCUT2D eigenvalue weighted by Gasteiger charge is -2.24. The third kappa shape index (κ3) is 4.74. The van der Waals surface area contributed by atoms with E-state index in [0.717, 1.165) is 28.3 Å². The zero-order valence-corrected chi connectivity index (χ0v) is 13.2. The molecule has 1 rings (SSSR count). The predicted molar refractivity (Wildman–Crippen MR) is 77.7 cm³/mol. The minimum absolute atomic E-state index is 0.346. The molecule has 0 unspecified atom stereocenters. The lowest BCUT2D eigenvalue weighted by atomic mass is 9.87. The van der Waals surface area contributed by atoms with E-state index in [1.165, 1.54) is 11.3 Å². The van der Waals surface area contributed by atoms with Crippen LogP contribution < -0.4 is 5.32 Å². The maximum atomic E-state index is 6.02. The number of aryl methyl sites for hydroxylation is 1. The first-order chi connectivity index (χ1) is 7.44. The van der Waals surface area contributed by atoms with Crippen LogP contribution in [0.1, 0.15) is 32.1 Å². The van der Waals surface area contributed by atoms with Crippen LogP contribution in [0.5, 0.6) is 0 Å². The van der Waals surface area contributed by atoms with Gasteiger partial charge in [0.05, 0.1) is 0 Å². The van der Waals surface area contributed by atoms with Gasteiger partial charge in [0.25, 0.3) is 0 Å². The Morgan fingerprint density at radius 2 is 2.19 bits per heavy atom. The summed E-state index contributed by atoms with van der Waals surface area (Å²) in [6.45, 7) is 8.87. The number of nitrogens with one attached hydrogen (secondary N) is 1. The van der Waals surface area contributed by atoms with Gasteiger partial charge in [-0.1, -0.05) is 32.4 Å². The summed E-state index contributed by atoms with van der Waals surface area (Å²) in [5.74, 6) is 0. The van der Waals surface area contributed by atoms with Crippen molar-refractivity contribution in [2.24, 2.45) is 5.41 Å². The van der Waals surface area contributed by atoms with E-state index < -0.39 is 0 Å². The van der Waals surface area contributed by atoms with Gasteiger partial charge in [-0.25, -0.2) is 0 Å². The molecule has 1 nitrogen and oxygen atoms in total. The highest BCUT2D eigenvalue weighted by Crippen LogP contribution is 2.34. The van der Waals surface area contributed by atoms with E-state index in [4.69, 9.17) is 11.6 Å². The van der Waals surface area contributed by atoms with Crippen LogP contribution in [-0.4, -0.2) is 13.1 Å². The van der Waals surface area contributed by atoms with Crippen LogP contribution in [0.25, 0.3) is 0 Å². The van der Waals surface area contributed by atoms with E-state index >= 15 is 0 Å². The Hall–Kier alpha value is 0.430. The number of thiophene rings is 1. The molecule has 0 radical (unpaired) electrons. The topological polar surface area (TPSA) is 12.0 Å². The molecule has 0 aliphatic heterocycles. The maximum Gasteiger partial charge on any atom is 0.107 e. The summed E-state index contributed by atoms with van der Waals surface area (Å²) in [6, 6.07) is 2.14. The van der Waals surface area contributed by atoms with Crippen LogP contribution in [0.4, 0.5) is 0 Å². The van der Waals surface area contributed by atoms with Crippen molar-refractivity contribution in [3.05, 3.63) is 19.8 Å². The van der Waals surface area contributed by atoms with Crippen LogP contribution in [-0.2, 0) is 6.42 Å². The molecule has 1 N–H and O–H groups in total. The Morgan fingerprint density at radius 1 is 1.50 bits per heavy atom. The van der Waals surface area contributed by atoms with Crippen molar-refractivity contribution in [2.75, 3.05) is 13.1 Å². The Labute approximate surface area is 116 Å². The molecule has 0 bridgehead atoms. The molecule has 16 heavy (non-hydrogen) atoms. The first-order valence-electron chi connectivity index (χ1n) is 5.59. The third-order valence-electron chi connectivity index (χ3n) is 2.60. The number of hydrogen-bond acceptors (Lipinski definition) is 2. The summed E-state index contributed by atoms with van der Waals surface area (Å²) in [7, 11) is 0. The summed E-state index contributed by atoms with van der Waals surface area (Å²) >= 11 is 11.1. The molecule has 4 heteroatoms. The Balaban J connectivity index is 2.44. The highest BCUT2D eigenvalue weighted by atomic mass is 79.9. The average Bonchev–Trinajstić information content (AvgIpc) is 2.53. The van der Waals surface area contributed by atoms with Gasteiger partial charge in [0, 0.05) is 15.9 Å². The quantitative estimate of drug-likeness (QED) is 0.797. The first kappa shape index (κ1) is 14.5. The van der Waals surface area contributed by atoms with Gasteiger partial charge >= 0.3 is 0 Å². The fourth-order valence-electron chi connectivity index (χ4n) is 1.53. The Bertz CT molecular complexity index is 316. The molecule has 0 aliphatic rings. The molecule has 0 saturated carbocycles. The molecule has 1 aromatic heterocycles. The fourth-order valence-corrected chi connectivity index (χ4v) is 3.32. The summed E-state index contributed by atoms with van der Waals surface area (Å²) in [4.78, 5) is 1.36. The minimum Gasteiger partial charge on any atom is -0.316 e. The average molecular weight is 325 g/mol. The van der Waals surface area contributed by atoms with Gasteiger partial charge in [0.2, 0.25) is 0 Å². The molecule has 0 aromatic carbocycles. The SMILES string of the molecule is CCNCC(C)(C)CCc1cc(Br)c(Cl)s1. The monoisotopic (exact) mass is 323 g/mol. The lowest BCUT2D eigenvalue weighted by molar-refractivity contribution is 0.318. The molecule has 0 amide bonds. The number of halogens is 2. The normalized spacial score (nSPS) is 12.1. The largest absolute Gasteiger partial charge is 0.316 e.